The van der Waals surface area contributed by atoms with Gasteiger partial charge in [0.1, 0.15) is 0 Å². The molecule has 0 N–H and O–H groups in total. The standard InChI is InChI=1S/C26H25N5OS/c32-25(30-15-6-7-16-30)23-13-5-4-11-22(23)19-33-26-29-28-24(21-12-8-14-27-17-21)31(26)18-20-9-2-1-3-10-20/h1-5,8-14,17H,6-7,15-16,18-19H2. The van der Waals surface area contributed by atoms with Gasteiger partial charge in [-0.05, 0) is 42.2 Å². The van der Waals surface area contributed by atoms with E-state index in [0.717, 1.165) is 53.6 Å². The molecule has 0 bridgehead atoms. The molecule has 3 heterocycles. The van der Waals surface area contributed by atoms with Crippen LogP contribution in [0.2, 0.25) is 0 Å². The summed E-state index contributed by atoms with van der Waals surface area (Å²) in [7, 11) is 0. The van der Waals surface area contributed by atoms with Crippen molar-refractivity contribution in [1.29, 1.82) is 0 Å². The van der Waals surface area contributed by atoms with Crippen molar-refractivity contribution >= 4 is 17.7 Å². The maximum absolute atomic E-state index is 13.1. The molecule has 0 saturated carbocycles. The molecule has 0 radical (unpaired) electrons. The fourth-order valence-corrected chi connectivity index (χ4v) is 5.04. The van der Waals surface area contributed by atoms with Crippen molar-refractivity contribution in [2.24, 2.45) is 0 Å². The van der Waals surface area contributed by atoms with Crippen molar-refractivity contribution in [3.8, 4) is 11.4 Å². The average Bonchev–Trinajstić information content (AvgIpc) is 3.54. The Bertz CT molecular complexity index is 1220. The summed E-state index contributed by atoms with van der Waals surface area (Å²) in [6.07, 6.45) is 5.74. The zero-order valence-electron chi connectivity index (χ0n) is 18.3. The Balaban J connectivity index is 1.42. The Kier molecular flexibility index (Phi) is 6.48. The Labute approximate surface area is 197 Å². The highest BCUT2D eigenvalue weighted by atomic mass is 32.2. The van der Waals surface area contributed by atoms with Crippen molar-refractivity contribution in [2.45, 2.75) is 30.3 Å². The van der Waals surface area contributed by atoms with E-state index in [4.69, 9.17) is 0 Å². The lowest BCUT2D eigenvalue weighted by Crippen LogP contribution is -2.28. The number of carbonyl (C=O) groups excluding carboxylic acids is 1. The summed E-state index contributed by atoms with van der Waals surface area (Å²) in [6, 6.07) is 22.1. The molecule has 2 aromatic heterocycles. The maximum atomic E-state index is 13.1. The molecule has 0 aliphatic carbocycles. The van der Waals surface area contributed by atoms with E-state index in [9.17, 15) is 4.79 Å². The number of nitrogens with zero attached hydrogens (tertiary/aromatic N) is 5. The van der Waals surface area contributed by atoms with Gasteiger partial charge in [-0.25, -0.2) is 0 Å². The molecule has 7 heteroatoms. The van der Waals surface area contributed by atoms with E-state index in [0.29, 0.717) is 12.3 Å². The van der Waals surface area contributed by atoms with E-state index in [1.165, 1.54) is 5.56 Å². The molecule has 2 aromatic carbocycles. The molecule has 5 rings (SSSR count). The first kappa shape index (κ1) is 21.4. The highest BCUT2D eigenvalue weighted by Gasteiger charge is 2.22. The van der Waals surface area contributed by atoms with Gasteiger partial charge in [-0.1, -0.05) is 60.3 Å². The summed E-state index contributed by atoms with van der Waals surface area (Å²) in [5, 5.41) is 9.82. The monoisotopic (exact) mass is 455 g/mol. The number of rotatable bonds is 7. The molecule has 1 saturated heterocycles. The minimum atomic E-state index is 0.130. The van der Waals surface area contributed by atoms with Crippen LogP contribution in [-0.4, -0.2) is 43.6 Å². The SMILES string of the molecule is O=C(c1ccccc1CSc1nnc(-c2cccnc2)n1Cc1ccccc1)N1CCCC1. The largest absolute Gasteiger partial charge is 0.339 e. The fraction of sp³-hybridized carbons (Fsp3) is 0.231. The summed E-state index contributed by atoms with van der Waals surface area (Å²) in [6.45, 7) is 2.36. The lowest BCUT2D eigenvalue weighted by molar-refractivity contribution is 0.0792. The molecule has 4 aromatic rings. The molecule has 0 atom stereocenters. The van der Waals surface area contributed by atoms with Gasteiger partial charge in [0, 0.05) is 42.4 Å². The molecule has 0 spiro atoms. The van der Waals surface area contributed by atoms with E-state index in [2.05, 4.69) is 31.9 Å². The van der Waals surface area contributed by atoms with Gasteiger partial charge in [-0.15, -0.1) is 10.2 Å². The smallest absolute Gasteiger partial charge is 0.254 e. The number of likely N-dealkylation sites (tertiary alicyclic amines) is 1. The van der Waals surface area contributed by atoms with Gasteiger partial charge in [0.2, 0.25) is 0 Å². The Morgan fingerprint density at radius 1 is 0.909 bits per heavy atom. The van der Waals surface area contributed by atoms with Crippen LogP contribution in [-0.2, 0) is 12.3 Å². The summed E-state index contributed by atoms with van der Waals surface area (Å²) >= 11 is 1.61. The highest BCUT2D eigenvalue weighted by molar-refractivity contribution is 7.98. The van der Waals surface area contributed by atoms with Crippen molar-refractivity contribution in [3.63, 3.8) is 0 Å². The first-order valence-corrected chi connectivity index (χ1v) is 12.2. The quantitative estimate of drug-likeness (QED) is 0.370. The Hall–Kier alpha value is -3.45. The second-order valence-electron chi connectivity index (χ2n) is 8.06. The number of hydrogen-bond donors (Lipinski definition) is 0. The third kappa shape index (κ3) is 4.83. The number of carbonyl (C=O) groups is 1. The number of aromatic nitrogens is 4. The fourth-order valence-electron chi connectivity index (χ4n) is 4.10. The van der Waals surface area contributed by atoms with E-state index in [1.54, 1.807) is 18.0 Å². The van der Waals surface area contributed by atoms with Crippen LogP contribution in [0.3, 0.4) is 0 Å². The van der Waals surface area contributed by atoms with Crippen LogP contribution in [0.1, 0.15) is 34.3 Å². The predicted octanol–water partition coefficient (Wildman–Crippen LogP) is 4.92. The molecule has 1 aliphatic rings. The van der Waals surface area contributed by atoms with Crippen LogP contribution >= 0.6 is 11.8 Å². The van der Waals surface area contributed by atoms with Gasteiger partial charge >= 0.3 is 0 Å². The third-order valence-corrected chi connectivity index (χ3v) is 6.83. The third-order valence-electron chi connectivity index (χ3n) is 5.82. The van der Waals surface area contributed by atoms with Crippen LogP contribution < -0.4 is 0 Å². The molecule has 33 heavy (non-hydrogen) atoms. The van der Waals surface area contributed by atoms with E-state index < -0.39 is 0 Å². The summed E-state index contributed by atoms with van der Waals surface area (Å²) in [4.78, 5) is 19.3. The number of amides is 1. The van der Waals surface area contributed by atoms with Crippen molar-refractivity contribution < 1.29 is 4.79 Å². The summed E-state index contributed by atoms with van der Waals surface area (Å²) < 4.78 is 2.13. The van der Waals surface area contributed by atoms with Crippen LogP contribution in [0.15, 0.2) is 84.3 Å². The molecule has 166 valence electrons. The van der Waals surface area contributed by atoms with Crippen LogP contribution in [0.4, 0.5) is 0 Å². The minimum Gasteiger partial charge on any atom is -0.339 e. The van der Waals surface area contributed by atoms with Crippen LogP contribution in [0, 0.1) is 0 Å². The molecule has 6 nitrogen and oxygen atoms in total. The molecule has 1 aliphatic heterocycles. The molecule has 1 fully saturated rings. The van der Waals surface area contributed by atoms with E-state index >= 15 is 0 Å². The van der Waals surface area contributed by atoms with Gasteiger partial charge in [-0.3, -0.25) is 14.3 Å². The second-order valence-corrected chi connectivity index (χ2v) is 9.01. The van der Waals surface area contributed by atoms with Crippen LogP contribution in [0.5, 0.6) is 0 Å². The molecule has 0 unspecified atom stereocenters. The van der Waals surface area contributed by atoms with Crippen molar-refractivity contribution in [2.75, 3.05) is 13.1 Å². The number of benzene rings is 2. The Morgan fingerprint density at radius 3 is 2.48 bits per heavy atom. The molecule has 1 amide bonds. The van der Waals surface area contributed by atoms with E-state index in [1.807, 2.05) is 65.7 Å². The first-order valence-electron chi connectivity index (χ1n) is 11.2. The van der Waals surface area contributed by atoms with Gasteiger partial charge in [-0.2, -0.15) is 0 Å². The topological polar surface area (TPSA) is 63.9 Å². The first-order chi connectivity index (χ1) is 16.3. The van der Waals surface area contributed by atoms with Crippen molar-refractivity contribution in [1.82, 2.24) is 24.6 Å². The number of pyridine rings is 1. The highest BCUT2D eigenvalue weighted by Crippen LogP contribution is 2.28. The second kappa shape index (κ2) is 10.0. The normalized spacial score (nSPS) is 13.4. The van der Waals surface area contributed by atoms with E-state index in [-0.39, 0.29) is 5.91 Å². The summed E-state index contributed by atoms with van der Waals surface area (Å²) in [5.74, 6) is 1.57. The zero-order chi connectivity index (χ0) is 22.5. The minimum absolute atomic E-state index is 0.130. The number of thioether (sulfide) groups is 1. The summed E-state index contributed by atoms with van der Waals surface area (Å²) in [5.41, 5.74) is 3.91. The lowest BCUT2D eigenvalue weighted by atomic mass is 10.1. The Morgan fingerprint density at radius 2 is 1.70 bits per heavy atom. The van der Waals surface area contributed by atoms with Gasteiger partial charge in [0.05, 0.1) is 6.54 Å². The number of hydrogen-bond acceptors (Lipinski definition) is 5. The molecular weight excluding hydrogens is 430 g/mol. The maximum Gasteiger partial charge on any atom is 0.254 e. The van der Waals surface area contributed by atoms with Gasteiger partial charge < -0.3 is 4.90 Å². The average molecular weight is 456 g/mol. The van der Waals surface area contributed by atoms with Crippen molar-refractivity contribution in [3.05, 3.63) is 95.8 Å². The molecular formula is C26H25N5OS. The predicted molar refractivity (Wildman–Crippen MR) is 130 cm³/mol. The van der Waals surface area contributed by atoms with Gasteiger partial charge in [0.15, 0.2) is 11.0 Å². The zero-order valence-corrected chi connectivity index (χ0v) is 19.1. The van der Waals surface area contributed by atoms with Crippen LogP contribution in [0.25, 0.3) is 11.4 Å². The van der Waals surface area contributed by atoms with Gasteiger partial charge in [0.25, 0.3) is 5.91 Å². The lowest BCUT2D eigenvalue weighted by Gasteiger charge is -2.17.